The van der Waals surface area contributed by atoms with Gasteiger partial charge in [-0.1, -0.05) is 6.08 Å². The minimum atomic E-state index is -1.01. The average molecular weight is 196 g/mol. The lowest BCUT2D eigenvalue weighted by Crippen LogP contribution is -2.48. The van der Waals surface area contributed by atoms with Crippen LogP contribution >= 0.6 is 0 Å². The second-order valence-corrected chi connectivity index (χ2v) is 3.79. The van der Waals surface area contributed by atoms with Gasteiger partial charge < -0.3 is 4.74 Å². The summed E-state index contributed by atoms with van der Waals surface area (Å²) in [7, 11) is 1.49. The normalized spacial score (nSPS) is 23.3. The van der Waals surface area contributed by atoms with Crippen LogP contribution in [0.5, 0.6) is 0 Å². The van der Waals surface area contributed by atoms with Crippen molar-refractivity contribution in [1.29, 1.82) is 0 Å². The van der Waals surface area contributed by atoms with Gasteiger partial charge >= 0.3 is 0 Å². The third kappa shape index (κ3) is 1.52. The van der Waals surface area contributed by atoms with Gasteiger partial charge in [0.1, 0.15) is 17.0 Å². The fourth-order valence-electron chi connectivity index (χ4n) is 1.97. The van der Waals surface area contributed by atoms with Crippen molar-refractivity contribution in [1.82, 2.24) is 0 Å². The highest BCUT2D eigenvalue weighted by Gasteiger charge is 2.47. The lowest BCUT2D eigenvalue weighted by molar-refractivity contribution is -0.149. The van der Waals surface area contributed by atoms with Crippen molar-refractivity contribution in [3.05, 3.63) is 12.7 Å². The molecule has 1 fully saturated rings. The minimum Gasteiger partial charge on any atom is -0.376 e. The molecule has 1 saturated carbocycles. The van der Waals surface area contributed by atoms with E-state index in [2.05, 4.69) is 6.58 Å². The molecule has 0 heterocycles. The molecular formula is C11H16O3. The number of ketones is 2. The van der Waals surface area contributed by atoms with Gasteiger partial charge in [0.2, 0.25) is 0 Å². The fourth-order valence-corrected chi connectivity index (χ4v) is 1.97. The molecule has 78 valence electrons. The number of methoxy groups -OCH3 is 1. The van der Waals surface area contributed by atoms with E-state index in [0.717, 1.165) is 0 Å². The summed E-state index contributed by atoms with van der Waals surface area (Å²) in [5.41, 5.74) is -1.01. The lowest BCUT2D eigenvalue weighted by Gasteiger charge is -2.35. The molecule has 1 unspecified atom stereocenters. The van der Waals surface area contributed by atoms with Crippen LogP contribution in [0.3, 0.4) is 0 Å². The predicted octanol–water partition coefficient (Wildman–Crippen LogP) is 1.52. The van der Waals surface area contributed by atoms with Gasteiger partial charge in [-0.05, 0) is 13.3 Å². The zero-order valence-electron chi connectivity index (χ0n) is 8.71. The second-order valence-electron chi connectivity index (χ2n) is 3.79. The number of carbonyl (C=O) groups excluding carboxylic acids is 2. The minimum absolute atomic E-state index is 0.0273. The van der Waals surface area contributed by atoms with Gasteiger partial charge in [0.05, 0.1) is 6.10 Å². The summed E-state index contributed by atoms with van der Waals surface area (Å²) in [6.07, 6.45) is 2.64. The number of Topliss-reactive ketones (excluding diaryl/α,β-unsaturated/α-hetero) is 2. The van der Waals surface area contributed by atoms with Crippen LogP contribution in [0.4, 0.5) is 0 Å². The summed E-state index contributed by atoms with van der Waals surface area (Å²) in [5.74, 6) is -0.0546. The molecule has 0 aliphatic heterocycles. The molecule has 0 N–H and O–H groups in total. The Balaban J connectivity index is 3.02. The smallest absolute Gasteiger partial charge is 0.149 e. The van der Waals surface area contributed by atoms with Crippen LogP contribution in [0.25, 0.3) is 0 Å². The van der Waals surface area contributed by atoms with Gasteiger partial charge in [-0.2, -0.15) is 0 Å². The molecule has 3 nitrogen and oxygen atoms in total. The lowest BCUT2D eigenvalue weighted by atomic mass is 9.69. The highest BCUT2D eigenvalue weighted by atomic mass is 16.5. The molecule has 0 radical (unpaired) electrons. The van der Waals surface area contributed by atoms with Crippen molar-refractivity contribution < 1.29 is 14.3 Å². The third-order valence-electron chi connectivity index (χ3n) is 3.00. The van der Waals surface area contributed by atoms with Gasteiger partial charge in [0.15, 0.2) is 0 Å². The molecule has 0 aromatic heterocycles. The molecule has 0 aromatic rings. The van der Waals surface area contributed by atoms with E-state index in [4.69, 9.17) is 4.74 Å². The maximum atomic E-state index is 11.7. The van der Waals surface area contributed by atoms with Gasteiger partial charge in [0, 0.05) is 20.0 Å². The Hall–Kier alpha value is -0.960. The first kappa shape index (κ1) is 11.1. The number of hydrogen-bond donors (Lipinski definition) is 0. The number of carbonyl (C=O) groups is 2. The molecule has 1 aliphatic rings. The van der Waals surface area contributed by atoms with Crippen molar-refractivity contribution in [3.8, 4) is 0 Å². The standard InChI is InChI=1S/C11H16O3/c1-4-10(14-3)11(2)8(12)6-5-7-9(11)13/h4,10H,1,5-7H2,2-3H3. The molecular weight excluding hydrogens is 180 g/mol. The van der Waals surface area contributed by atoms with Crippen LogP contribution in [-0.2, 0) is 14.3 Å². The van der Waals surface area contributed by atoms with Crippen molar-refractivity contribution in [2.75, 3.05) is 7.11 Å². The Morgan fingerprint density at radius 3 is 2.29 bits per heavy atom. The molecule has 14 heavy (non-hydrogen) atoms. The maximum Gasteiger partial charge on any atom is 0.149 e. The Morgan fingerprint density at radius 2 is 1.93 bits per heavy atom. The number of rotatable bonds is 3. The zero-order valence-corrected chi connectivity index (χ0v) is 8.71. The molecule has 0 bridgehead atoms. The van der Waals surface area contributed by atoms with Crippen LogP contribution in [0, 0.1) is 5.41 Å². The first-order valence-electron chi connectivity index (χ1n) is 4.79. The van der Waals surface area contributed by atoms with E-state index >= 15 is 0 Å². The van der Waals surface area contributed by atoms with E-state index in [9.17, 15) is 9.59 Å². The molecule has 0 spiro atoms. The highest BCUT2D eigenvalue weighted by Crippen LogP contribution is 2.34. The van der Waals surface area contributed by atoms with Gasteiger partial charge in [-0.3, -0.25) is 9.59 Å². The topological polar surface area (TPSA) is 43.4 Å². The van der Waals surface area contributed by atoms with E-state index in [1.807, 2.05) is 0 Å². The molecule has 3 heteroatoms. The summed E-state index contributed by atoms with van der Waals surface area (Å²) >= 11 is 0. The summed E-state index contributed by atoms with van der Waals surface area (Å²) in [5, 5.41) is 0. The Kier molecular flexibility index (Phi) is 3.21. The summed E-state index contributed by atoms with van der Waals surface area (Å²) < 4.78 is 5.12. The molecule has 1 aliphatic carbocycles. The van der Waals surface area contributed by atoms with Crippen molar-refractivity contribution in [2.24, 2.45) is 5.41 Å². The largest absolute Gasteiger partial charge is 0.376 e. The van der Waals surface area contributed by atoms with Gasteiger partial charge in [-0.15, -0.1) is 6.58 Å². The monoisotopic (exact) mass is 196 g/mol. The zero-order chi connectivity index (χ0) is 10.8. The SMILES string of the molecule is C=CC(OC)C1(C)C(=O)CCCC1=O. The third-order valence-corrected chi connectivity index (χ3v) is 3.00. The van der Waals surface area contributed by atoms with E-state index < -0.39 is 11.5 Å². The van der Waals surface area contributed by atoms with Gasteiger partial charge in [-0.25, -0.2) is 0 Å². The maximum absolute atomic E-state index is 11.7. The average Bonchev–Trinajstić information content (AvgIpc) is 2.16. The molecule has 0 saturated heterocycles. The van der Waals surface area contributed by atoms with Gasteiger partial charge in [0.25, 0.3) is 0 Å². The number of ether oxygens (including phenoxy) is 1. The van der Waals surface area contributed by atoms with E-state index in [-0.39, 0.29) is 11.6 Å². The number of hydrogen-bond acceptors (Lipinski definition) is 3. The predicted molar refractivity (Wildman–Crippen MR) is 53.0 cm³/mol. The van der Waals surface area contributed by atoms with Crippen molar-refractivity contribution >= 4 is 11.6 Å². The van der Waals surface area contributed by atoms with E-state index in [1.54, 1.807) is 6.92 Å². The van der Waals surface area contributed by atoms with Crippen LogP contribution < -0.4 is 0 Å². The van der Waals surface area contributed by atoms with Crippen LogP contribution in [-0.4, -0.2) is 24.8 Å². The van der Waals surface area contributed by atoms with Crippen LogP contribution in [0.1, 0.15) is 26.2 Å². The Bertz CT molecular complexity index is 252. The quantitative estimate of drug-likeness (QED) is 0.507. The first-order chi connectivity index (χ1) is 6.57. The van der Waals surface area contributed by atoms with Crippen LogP contribution in [0.15, 0.2) is 12.7 Å². The molecule has 1 atom stereocenters. The highest BCUT2D eigenvalue weighted by molar-refractivity contribution is 6.09. The van der Waals surface area contributed by atoms with Crippen molar-refractivity contribution in [3.63, 3.8) is 0 Å². The van der Waals surface area contributed by atoms with Crippen LogP contribution in [0.2, 0.25) is 0 Å². The molecule has 1 rings (SSSR count). The molecule has 0 aromatic carbocycles. The summed E-state index contributed by atoms with van der Waals surface area (Å²) in [6.45, 7) is 5.25. The fraction of sp³-hybridized carbons (Fsp3) is 0.636. The van der Waals surface area contributed by atoms with Crippen molar-refractivity contribution in [2.45, 2.75) is 32.3 Å². The Labute approximate surface area is 84.1 Å². The molecule has 0 amide bonds. The second kappa shape index (κ2) is 4.05. The summed E-state index contributed by atoms with van der Waals surface area (Å²) in [6, 6.07) is 0. The van der Waals surface area contributed by atoms with E-state index in [0.29, 0.717) is 19.3 Å². The Morgan fingerprint density at radius 1 is 1.43 bits per heavy atom. The summed E-state index contributed by atoms with van der Waals surface area (Å²) in [4.78, 5) is 23.5. The first-order valence-corrected chi connectivity index (χ1v) is 4.79. The van der Waals surface area contributed by atoms with E-state index in [1.165, 1.54) is 13.2 Å².